The summed E-state index contributed by atoms with van der Waals surface area (Å²) in [5.41, 5.74) is 11.0. The number of benzene rings is 9. The van der Waals surface area contributed by atoms with E-state index in [1.54, 1.807) is 0 Å². The topological polar surface area (TPSA) is 27.1 Å². The molecule has 0 atom stereocenters. The third-order valence-corrected chi connectivity index (χ3v) is 10.6. The fourth-order valence-electron chi connectivity index (χ4n) is 8.26. The minimum Gasteiger partial charge on any atom is -0.452 e. The summed E-state index contributed by atoms with van der Waals surface area (Å²) in [5, 5.41) is 7.18. The molecule has 10 aromatic rings. The number of nitrogens with zero attached hydrogens (tertiary/aromatic N) is 2. The van der Waals surface area contributed by atoms with E-state index in [9.17, 15) is 0 Å². The number of aromatic nitrogens is 2. The molecule has 2 heterocycles. The van der Waals surface area contributed by atoms with Gasteiger partial charge < -0.3 is 4.74 Å². The van der Waals surface area contributed by atoms with Gasteiger partial charge in [0.1, 0.15) is 11.3 Å². The summed E-state index contributed by atoms with van der Waals surface area (Å²) < 4.78 is 9.27. The molecule has 0 bridgehead atoms. The largest absolute Gasteiger partial charge is 0.452 e. The lowest BCUT2D eigenvalue weighted by Gasteiger charge is -2.25. The third-order valence-electron chi connectivity index (χ3n) is 10.6. The van der Waals surface area contributed by atoms with Crippen molar-refractivity contribution < 1.29 is 4.74 Å². The van der Waals surface area contributed by atoms with Crippen molar-refractivity contribution in [3.8, 4) is 62.0 Å². The van der Waals surface area contributed by atoms with Crippen molar-refractivity contribution in [2.24, 2.45) is 0 Å². The summed E-state index contributed by atoms with van der Waals surface area (Å²) in [6.07, 6.45) is 0. The SMILES string of the molecule is c1ccc(-c2cccc(-c3c4ccccc4c(-c4cccc5c4Oc4cccc6nc(-c7ccc8ccccc8c7)n-5c46)c4ccccc34)c2)cc1. The summed E-state index contributed by atoms with van der Waals surface area (Å²) in [6.45, 7) is 0. The first-order chi connectivity index (χ1) is 25.8. The molecule has 3 nitrogen and oxygen atoms in total. The Labute approximate surface area is 300 Å². The molecule has 0 aliphatic carbocycles. The van der Waals surface area contributed by atoms with Crippen LogP contribution in [-0.2, 0) is 0 Å². The van der Waals surface area contributed by atoms with Crippen LogP contribution in [0, 0.1) is 0 Å². The van der Waals surface area contributed by atoms with Crippen molar-refractivity contribution in [3.05, 3.63) is 182 Å². The first-order valence-corrected chi connectivity index (χ1v) is 17.7. The van der Waals surface area contributed by atoms with Crippen LogP contribution < -0.4 is 4.74 Å². The van der Waals surface area contributed by atoms with Crippen LogP contribution in [0.4, 0.5) is 0 Å². The Morgan fingerprint density at radius 2 is 1.06 bits per heavy atom. The maximum atomic E-state index is 6.97. The van der Waals surface area contributed by atoms with Crippen molar-refractivity contribution in [2.75, 3.05) is 0 Å². The second-order valence-electron chi connectivity index (χ2n) is 13.5. The van der Waals surface area contributed by atoms with Crippen LogP contribution in [-0.4, -0.2) is 9.55 Å². The molecule has 0 spiro atoms. The van der Waals surface area contributed by atoms with Gasteiger partial charge in [0.25, 0.3) is 0 Å². The van der Waals surface area contributed by atoms with Crippen molar-refractivity contribution >= 4 is 43.4 Å². The molecule has 11 rings (SSSR count). The lowest BCUT2D eigenvalue weighted by molar-refractivity contribution is 0.478. The van der Waals surface area contributed by atoms with Crippen LogP contribution in [0.5, 0.6) is 11.5 Å². The van der Waals surface area contributed by atoms with E-state index in [1.165, 1.54) is 54.6 Å². The lowest BCUT2D eigenvalue weighted by Crippen LogP contribution is -2.07. The molecule has 3 heteroatoms. The third kappa shape index (κ3) is 4.30. The van der Waals surface area contributed by atoms with Crippen LogP contribution in [0.3, 0.4) is 0 Å². The van der Waals surface area contributed by atoms with Gasteiger partial charge in [-0.25, -0.2) is 4.98 Å². The van der Waals surface area contributed by atoms with Crippen molar-refractivity contribution in [2.45, 2.75) is 0 Å². The molecule has 0 N–H and O–H groups in total. The Kier molecular flexibility index (Phi) is 6.25. The average Bonchev–Trinajstić information content (AvgIpc) is 3.61. The summed E-state index contributed by atoms with van der Waals surface area (Å²) in [7, 11) is 0. The summed E-state index contributed by atoms with van der Waals surface area (Å²) in [6, 6.07) is 65.0. The number of hydrogen-bond donors (Lipinski definition) is 0. The summed E-state index contributed by atoms with van der Waals surface area (Å²) in [4.78, 5) is 5.22. The highest BCUT2D eigenvalue weighted by atomic mass is 16.5. The second kappa shape index (κ2) is 11.3. The van der Waals surface area contributed by atoms with E-state index in [-0.39, 0.29) is 0 Å². The molecular weight excluding hydrogens is 633 g/mol. The Morgan fingerprint density at radius 3 is 1.85 bits per heavy atom. The highest BCUT2D eigenvalue weighted by Crippen LogP contribution is 2.51. The first-order valence-electron chi connectivity index (χ1n) is 17.7. The number of rotatable bonds is 4. The summed E-state index contributed by atoms with van der Waals surface area (Å²) >= 11 is 0. The molecule has 0 fully saturated rings. The zero-order valence-electron chi connectivity index (χ0n) is 28.1. The average molecular weight is 663 g/mol. The minimum atomic E-state index is 0.806. The van der Waals surface area contributed by atoms with E-state index in [0.717, 1.165) is 50.7 Å². The Morgan fingerprint density at radius 1 is 0.423 bits per heavy atom. The molecule has 0 unspecified atom stereocenters. The molecule has 1 aliphatic rings. The van der Waals surface area contributed by atoms with Gasteiger partial charge in [-0.1, -0.05) is 152 Å². The maximum Gasteiger partial charge on any atom is 0.159 e. The number of ether oxygens (including phenoxy) is 1. The monoisotopic (exact) mass is 662 g/mol. The van der Waals surface area contributed by atoms with Crippen LogP contribution in [0.1, 0.15) is 0 Å². The molecule has 242 valence electrons. The maximum absolute atomic E-state index is 6.97. The van der Waals surface area contributed by atoms with Crippen LogP contribution in [0.15, 0.2) is 182 Å². The normalized spacial score (nSPS) is 12.0. The van der Waals surface area contributed by atoms with Crippen molar-refractivity contribution in [1.29, 1.82) is 0 Å². The molecule has 0 amide bonds. The van der Waals surface area contributed by atoms with Crippen LogP contribution >= 0.6 is 0 Å². The fourth-order valence-corrected chi connectivity index (χ4v) is 8.26. The number of hydrogen-bond acceptors (Lipinski definition) is 2. The zero-order valence-corrected chi connectivity index (χ0v) is 28.1. The molecular formula is C49H30N2O. The number of imidazole rings is 1. The quantitative estimate of drug-likeness (QED) is 0.175. The second-order valence-corrected chi connectivity index (χ2v) is 13.5. The van der Waals surface area contributed by atoms with E-state index in [1.807, 2.05) is 6.07 Å². The lowest BCUT2D eigenvalue weighted by atomic mass is 9.85. The van der Waals surface area contributed by atoms with Crippen molar-refractivity contribution in [1.82, 2.24) is 9.55 Å². The Hall–Kier alpha value is -6.97. The van der Waals surface area contributed by atoms with Gasteiger partial charge in [0.15, 0.2) is 11.5 Å². The highest BCUT2D eigenvalue weighted by molar-refractivity contribution is 6.22. The number of para-hydroxylation sites is 2. The van der Waals surface area contributed by atoms with Gasteiger partial charge in [-0.2, -0.15) is 0 Å². The predicted octanol–water partition coefficient (Wildman–Crippen LogP) is 13.3. The van der Waals surface area contributed by atoms with E-state index in [4.69, 9.17) is 9.72 Å². The molecule has 52 heavy (non-hydrogen) atoms. The minimum absolute atomic E-state index is 0.806. The molecule has 0 radical (unpaired) electrons. The fraction of sp³-hybridized carbons (Fsp3) is 0. The van der Waals surface area contributed by atoms with Crippen molar-refractivity contribution in [3.63, 3.8) is 0 Å². The van der Waals surface area contributed by atoms with Gasteiger partial charge in [0, 0.05) is 16.7 Å². The first kappa shape index (κ1) is 28.8. The van der Waals surface area contributed by atoms with E-state index in [0.29, 0.717) is 0 Å². The standard InChI is InChI=1S/C49H30N2O/c1-2-13-31(14-3-1)34-17-10-18-35(29-34)45-37-19-6-8-21-39(37)46(40-22-9-7-20-38(40)45)41-23-11-25-43-48(41)52-44-26-12-24-42-47(44)51(43)49(50-42)36-28-27-32-15-4-5-16-33(32)30-36/h1-30H. The van der Waals surface area contributed by atoms with Gasteiger partial charge in [-0.3, -0.25) is 4.57 Å². The predicted molar refractivity (Wildman–Crippen MR) is 215 cm³/mol. The van der Waals surface area contributed by atoms with Gasteiger partial charge in [-0.15, -0.1) is 0 Å². The highest BCUT2D eigenvalue weighted by Gasteiger charge is 2.29. The van der Waals surface area contributed by atoms with E-state index in [2.05, 4.69) is 180 Å². The van der Waals surface area contributed by atoms with Gasteiger partial charge >= 0.3 is 0 Å². The Bertz CT molecular complexity index is 2990. The molecule has 0 saturated carbocycles. The Balaban J connectivity index is 1.18. The van der Waals surface area contributed by atoms with Crippen LogP contribution in [0.25, 0.3) is 93.8 Å². The summed E-state index contributed by atoms with van der Waals surface area (Å²) in [5.74, 6) is 2.54. The molecule has 0 saturated heterocycles. The molecule has 1 aromatic heterocycles. The van der Waals surface area contributed by atoms with Gasteiger partial charge in [-0.05, 0) is 84.9 Å². The molecule has 9 aromatic carbocycles. The van der Waals surface area contributed by atoms with Crippen LogP contribution in [0.2, 0.25) is 0 Å². The van der Waals surface area contributed by atoms with E-state index < -0.39 is 0 Å². The van der Waals surface area contributed by atoms with Gasteiger partial charge in [0.2, 0.25) is 0 Å². The molecule has 1 aliphatic heterocycles. The number of fused-ring (bicyclic) bond motifs is 5. The van der Waals surface area contributed by atoms with E-state index >= 15 is 0 Å². The smallest absolute Gasteiger partial charge is 0.159 e. The van der Waals surface area contributed by atoms with Gasteiger partial charge in [0.05, 0.1) is 11.2 Å². The zero-order chi connectivity index (χ0) is 34.2.